The molecule has 0 aromatic heterocycles. The maximum Gasteiger partial charge on any atom is 1.00 e. The molecule has 12 heteroatoms. The van der Waals surface area contributed by atoms with E-state index in [1.165, 1.54) is 57.8 Å². The second-order valence-electron chi connectivity index (χ2n) is 7.37. The van der Waals surface area contributed by atoms with Crippen LogP contribution in [0.5, 0.6) is 0 Å². The average molecular weight is 531 g/mol. The molecule has 9 nitrogen and oxygen atoms in total. The summed E-state index contributed by atoms with van der Waals surface area (Å²) in [5.41, 5.74) is 4.78. The van der Waals surface area contributed by atoms with Crippen LogP contribution < -0.4 is 124 Å². The van der Waals surface area contributed by atoms with Gasteiger partial charge in [-0.05, 0) is 13.0 Å². The van der Waals surface area contributed by atoms with E-state index in [1.807, 2.05) is 0 Å². The SMILES string of the molecule is CCCCCCCCCCCCCCN[C@@H](CC(=O)[O-])C(=O)[O-].NCCS(=O)(=O)O.[K+].[K+]. The molecule has 0 heterocycles. The second-order valence-corrected chi connectivity index (χ2v) is 8.94. The van der Waals surface area contributed by atoms with Gasteiger partial charge in [0.05, 0.1) is 17.8 Å². The fourth-order valence-corrected chi connectivity index (χ4v) is 3.09. The standard InChI is InChI=1S/C18H35NO4.C2H7NO3S.2K/c1-2-3-4-5-6-7-8-9-10-11-12-13-14-19-16(18(22)23)15-17(20)21;3-1-2-7(4,5)6;;/h16,19H,2-15H2,1H3,(H,20,21)(H,22,23);1-3H2,(H,4,5,6);;/q;;2*+1/p-2/t16-;;;/m0.../s1. The largest absolute Gasteiger partial charge is 1.00 e. The smallest absolute Gasteiger partial charge is 0.550 e. The minimum atomic E-state index is -3.80. The summed E-state index contributed by atoms with van der Waals surface area (Å²) in [6, 6.07) is -1.15. The van der Waals surface area contributed by atoms with Crippen LogP contribution in [0.3, 0.4) is 0 Å². The predicted molar refractivity (Wildman–Crippen MR) is 113 cm³/mol. The molecule has 0 aromatic carbocycles. The molecule has 0 aliphatic rings. The Bertz CT molecular complexity index is 538. The fraction of sp³-hybridized carbons (Fsp3) is 0.900. The van der Waals surface area contributed by atoms with Crippen LogP contribution in [0.15, 0.2) is 0 Å². The first-order chi connectivity index (χ1) is 14.1. The summed E-state index contributed by atoms with van der Waals surface area (Å²) >= 11 is 0. The summed E-state index contributed by atoms with van der Waals surface area (Å²) in [4.78, 5) is 21.1. The van der Waals surface area contributed by atoms with E-state index in [2.05, 4.69) is 12.2 Å². The Morgan fingerprint density at radius 2 is 1.28 bits per heavy atom. The first-order valence-electron chi connectivity index (χ1n) is 10.9. The van der Waals surface area contributed by atoms with Gasteiger partial charge in [-0.1, -0.05) is 77.6 Å². The van der Waals surface area contributed by atoms with Crippen LogP contribution in [-0.2, 0) is 19.7 Å². The molecule has 0 unspecified atom stereocenters. The number of aliphatic carboxylic acids is 2. The predicted octanol–water partition coefficient (Wildman–Crippen LogP) is -5.62. The molecule has 0 saturated heterocycles. The maximum absolute atomic E-state index is 10.7. The number of carbonyl (C=O) groups is 2. The van der Waals surface area contributed by atoms with Crippen molar-refractivity contribution in [3.8, 4) is 0 Å². The fourth-order valence-electron chi connectivity index (χ4n) is 2.80. The zero-order chi connectivity index (χ0) is 23.3. The molecular formula is C20H40K2N2O7S. The molecule has 0 rings (SSSR count). The minimum absolute atomic E-state index is 0. The molecule has 0 amide bonds. The molecule has 0 saturated carbocycles. The van der Waals surface area contributed by atoms with Crippen molar-refractivity contribution in [3.05, 3.63) is 0 Å². The Morgan fingerprint density at radius 3 is 1.56 bits per heavy atom. The van der Waals surface area contributed by atoms with Gasteiger partial charge in [0.1, 0.15) is 0 Å². The van der Waals surface area contributed by atoms with Gasteiger partial charge in [-0.3, -0.25) is 4.55 Å². The summed E-state index contributed by atoms with van der Waals surface area (Å²) in [5, 5.41) is 23.8. The quantitative estimate of drug-likeness (QED) is 0.0836. The van der Waals surface area contributed by atoms with Crippen LogP contribution in [-0.4, -0.2) is 49.8 Å². The van der Waals surface area contributed by atoms with Gasteiger partial charge in [-0.25, -0.2) is 0 Å². The third-order valence-electron chi connectivity index (χ3n) is 4.45. The van der Waals surface area contributed by atoms with Gasteiger partial charge in [0.25, 0.3) is 10.1 Å². The number of hydrogen-bond donors (Lipinski definition) is 3. The van der Waals surface area contributed by atoms with Crippen LogP contribution in [0.2, 0.25) is 0 Å². The zero-order valence-corrected chi connectivity index (χ0v) is 27.3. The van der Waals surface area contributed by atoms with Crippen LogP contribution in [0.25, 0.3) is 0 Å². The van der Waals surface area contributed by atoms with E-state index >= 15 is 0 Å². The summed E-state index contributed by atoms with van der Waals surface area (Å²) in [7, 11) is -3.80. The number of nitrogens with two attached hydrogens (primary N) is 1. The molecule has 0 aliphatic carbocycles. The van der Waals surface area contributed by atoms with Crippen molar-refractivity contribution in [2.24, 2.45) is 5.73 Å². The third kappa shape index (κ3) is 36.6. The number of carboxylic acid groups (broad SMARTS) is 2. The van der Waals surface area contributed by atoms with Crippen LogP contribution in [0.1, 0.15) is 90.4 Å². The molecule has 0 aliphatic heterocycles. The summed E-state index contributed by atoms with van der Waals surface area (Å²) in [6.45, 7) is 2.71. The normalized spacial score (nSPS) is 11.3. The van der Waals surface area contributed by atoms with Crippen molar-refractivity contribution in [2.75, 3.05) is 18.8 Å². The van der Waals surface area contributed by atoms with Crippen molar-refractivity contribution in [1.82, 2.24) is 5.32 Å². The third-order valence-corrected chi connectivity index (χ3v) is 5.20. The van der Waals surface area contributed by atoms with Gasteiger partial charge in [0, 0.05) is 18.9 Å². The molecule has 180 valence electrons. The Balaban J connectivity index is -0.000000376. The van der Waals surface area contributed by atoms with Crippen LogP contribution in [0, 0.1) is 0 Å². The Kier molecular flexibility index (Phi) is 37.7. The Hall–Kier alpha value is 2.04. The van der Waals surface area contributed by atoms with Crippen molar-refractivity contribution < 1.29 is 136 Å². The Labute approximate surface area is 279 Å². The van der Waals surface area contributed by atoms with Crippen molar-refractivity contribution in [3.63, 3.8) is 0 Å². The van der Waals surface area contributed by atoms with Crippen molar-refractivity contribution >= 4 is 22.1 Å². The molecule has 0 spiro atoms. The van der Waals surface area contributed by atoms with Gasteiger partial charge in [-0.15, -0.1) is 0 Å². The van der Waals surface area contributed by atoms with E-state index in [-0.39, 0.29) is 115 Å². The number of carbonyl (C=O) groups excluding carboxylic acids is 2. The number of rotatable bonds is 19. The molecule has 4 N–H and O–H groups in total. The van der Waals surface area contributed by atoms with E-state index in [9.17, 15) is 28.2 Å². The topological polar surface area (TPSA) is 173 Å². The molecule has 0 aromatic rings. The van der Waals surface area contributed by atoms with Crippen LogP contribution >= 0.6 is 0 Å². The first kappa shape index (κ1) is 41.2. The number of carboxylic acids is 2. The van der Waals surface area contributed by atoms with E-state index in [0.717, 1.165) is 19.3 Å². The summed E-state index contributed by atoms with van der Waals surface area (Å²) in [6.07, 6.45) is 14.4. The van der Waals surface area contributed by atoms with Gasteiger partial charge in [0.15, 0.2) is 0 Å². The molecule has 0 radical (unpaired) electrons. The maximum atomic E-state index is 10.7. The van der Waals surface area contributed by atoms with Gasteiger partial charge < -0.3 is 30.9 Å². The van der Waals surface area contributed by atoms with E-state index < -0.39 is 34.5 Å². The average Bonchev–Trinajstić information content (AvgIpc) is 2.63. The summed E-state index contributed by atoms with van der Waals surface area (Å²) < 4.78 is 27.3. The number of nitrogens with one attached hydrogen (secondary N) is 1. The van der Waals surface area contributed by atoms with Gasteiger partial charge in [-0.2, -0.15) is 8.42 Å². The molecule has 0 fully saturated rings. The van der Waals surface area contributed by atoms with Crippen molar-refractivity contribution in [1.29, 1.82) is 0 Å². The van der Waals surface area contributed by atoms with E-state index in [4.69, 9.17) is 10.3 Å². The molecule has 0 bridgehead atoms. The second kappa shape index (κ2) is 29.3. The first-order valence-corrected chi connectivity index (χ1v) is 12.5. The number of hydrogen-bond acceptors (Lipinski definition) is 8. The summed E-state index contributed by atoms with van der Waals surface area (Å²) in [5.74, 6) is -3.11. The molecular weight excluding hydrogens is 490 g/mol. The van der Waals surface area contributed by atoms with E-state index in [1.54, 1.807) is 0 Å². The minimum Gasteiger partial charge on any atom is -0.550 e. The van der Waals surface area contributed by atoms with Crippen LogP contribution in [0.4, 0.5) is 0 Å². The monoisotopic (exact) mass is 530 g/mol. The molecule has 1 atom stereocenters. The van der Waals surface area contributed by atoms with Gasteiger partial charge >= 0.3 is 103 Å². The number of unbranched alkanes of at least 4 members (excludes halogenated alkanes) is 11. The molecule has 32 heavy (non-hydrogen) atoms. The zero-order valence-electron chi connectivity index (χ0n) is 20.3. The Morgan fingerprint density at radius 1 is 0.875 bits per heavy atom. The van der Waals surface area contributed by atoms with Gasteiger partial charge in [0.2, 0.25) is 0 Å². The van der Waals surface area contributed by atoms with Crippen molar-refractivity contribution in [2.45, 2.75) is 96.4 Å². The van der Waals surface area contributed by atoms with E-state index in [0.29, 0.717) is 6.54 Å².